The molecule has 1 saturated carbocycles. The highest BCUT2D eigenvalue weighted by Gasteiger charge is 2.38. The fourth-order valence-electron chi connectivity index (χ4n) is 1.54. The third-order valence-corrected chi connectivity index (χ3v) is 3.55. The third-order valence-electron chi connectivity index (χ3n) is 3.18. The summed E-state index contributed by atoms with van der Waals surface area (Å²) < 4.78 is 0. The van der Waals surface area contributed by atoms with E-state index in [-0.39, 0.29) is 11.0 Å². The summed E-state index contributed by atoms with van der Waals surface area (Å²) in [5.41, 5.74) is 1.06. The summed E-state index contributed by atoms with van der Waals surface area (Å²) in [7, 11) is 0. The molecule has 3 nitrogen and oxygen atoms in total. The van der Waals surface area contributed by atoms with Gasteiger partial charge in [0.1, 0.15) is 16.8 Å². The van der Waals surface area contributed by atoms with Crippen molar-refractivity contribution in [1.29, 1.82) is 0 Å². The number of rotatable bonds is 2. The Kier molecular flexibility index (Phi) is 2.85. The van der Waals surface area contributed by atoms with Gasteiger partial charge >= 0.3 is 0 Å². The van der Waals surface area contributed by atoms with Gasteiger partial charge in [0.15, 0.2) is 0 Å². The summed E-state index contributed by atoms with van der Waals surface area (Å²) in [5.74, 6) is 1.68. The van der Waals surface area contributed by atoms with Crippen LogP contribution in [0.15, 0.2) is 0 Å². The number of aromatic nitrogens is 2. The minimum Gasteiger partial charge on any atom is -0.365 e. The SMILES string of the molecule is Cc1c(Cl)nc(C(C)(C)C)nc1NC1(C)CC1. The van der Waals surface area contributed by atoms with Gasteiger partial charge in [0, 0.05) is 16.5 Å². The molecule has 0 amide bonds. The number of hydrogen-bond acceptors (Lipinski definition) is 3. The Morgan fingerprint density at radius 1 is 1.24 bits per heavy atom. The first-order valence-electron chi connectivity index (χ1n) is 6.04. The molecule has 0 aromatic carbocycles. The Hall–Kier alpha value is -0.830. The number of nitrogens with zero attached hydrogens (tertiary/aromatic N) is 2. The molecule has 0 unspecified atom stereocenters. The van der Waals surface area contributed by atoms with Gasteiger partial charge in [-0.2, -0.15) is 0 Å². The molecule has 1 heterocycles. The van der Waals surface area contributed by atoms with E-state index in [2.05, 4.69) is 43.0 Å². The van der Waals surface area contributed by atoms with Crippen LogP contribution < -0.4 is 5.32 Å². The van der Waals surface area contributed by atoms with Crippen molar-refractivity contribution in [3.05, 3.63) is 16.5 Å². The standard InChI is InChI=1S/C13H20ClN3/c1-8-9(14)15-11(12(2,3)4)16-10(8)17-13(5)6-7-13/h6-7H2,1-5H3,(H,15,16,17). The van der Waals surface area contributed by atoms with Gasteiger partial charge in [-0.1, -0.05) is 32.4 Å². The van der Waals surface area contributed by atoms with Crippen LogP contribution in [0.4, 0.5) is 5.82 Å². The average molecular weight is 254 g/mol. The molecular formula is C13H20ClN3. The van der Waals surface area contributed by atoms with Crippen LogP contribution in [0.5, 0.6) is 0 Å². The molecule has 1 N–H and O–H groups in total. The summed E-state index contributed by atoms with van der Waals surface area (Å²) in [5, 5.41) is 4.03. The zero-order valence-corrected chi connectivity index (χ0v) is 11.9. The quantitative estimate of drug-likeness (QED) is 0.817. The lowest BCUT2D eigenvalue weighted by molar-refractivity contribution is 0.544. The van der Waals surface area contributed by atoms with E-state index < -0.39 is 0 Å². The second-order valence-electron chi connectivity index (χ2n) is 6.25. The Bertz CT molecular complexity index is 445. The molecule has 1 fully saturated rings. The fourth-order valence-corrected chi connectivity index (χ4v) is 1.71. The van der Waals surface area contributed by atoms with Crippen molar-refractivity contribution in [2.24, 2.45) is 0 Å². The van der Waals surface area contributed by atoms with Crippen molar-refractivity contribution >= 4 is 17.4 Å². The van der Waals surface area contributed by atoms with Crippen molar-refractivity contribution in [3.63, 3.8) is 0 Å². The molecule has 0 bridgehead atoms. The highest BCUT2D eigenvalue weighted by Crippen LogP contribution is 2.39. The van der Waals surface area contributed by atoms with Crippen molar-refractivity contribution in [3.8, 4) is 0 Å². The summed E-state index contributed by atoms with van der Waals surface area (Å²) in [6.45, 7) is 10.5. The molecule has 0 aliphatic heterocycles. The molecule has 1 aliphatic rings. The molecule has 0 radical (unpaired) electrons. The van der Waals surface area contributed by atoms with Crippen molar-refractivity contribution in [2.45, 2.75) is 58.4 Å². The van der Waals surface area contributed by atoms with Crippen LogP contribution in [0, 0.1) is 6.92 Å². The Balaban J connectivity index is 2.39. The van der Waals surface area contributed by atoms with E-state index in [9.17, 15) is 0 Å². The maximum atomic E-state index is 6.18. The minimum atomic E-state index is -0.0851. The summed E-state index contributed by atoms with van der Waals surface area (Å²) >= 11 is 6.18. The highest BCUT2D eigenvalue weighted by molar-refractivity contribution is 6.30. The van der Waals surface area contributed by atoms with Crippen LogP contribution in [-0.2, 0) is 5.41 Å². The molecule has 1 aromatic heterocycles. The predicted octanol–water partition coefficient (Wildman–Crippen LogP) is 3.70. The summed E-state index contributed by atoms with van der Waals surface area (Å²) in [6.07, 6.45) is 2.39. The van der Waals surface area contributed by atoms with Gasteiger partial charge in [-0.3, -0.25) is 0 Å². The molecule has 4 heteroatoms. The number of hydrogen-bond donors (Lipinski definition) is 1. The Labute approximate surface area is 108 Å². The highest BCUT2D eigenvalue weighted by atomic mass is 35.5. The van der Waals surface area contributed by atoms with Gasteiger partial charge in [-0.05, 0) is 26.7 Å². The molecular weight excluding hydrogens is 234 g/mol. The largest absolute Gasteiger partial charge is 0.365 e. The van der Waals surface area contributed by atoms with Gasteiger partial charge in [0.25, 0.3) is 0 Å². The van der Waals surface area contributed by atoms with Crippen LogP contribution in [-0.4, -0.2) is 15.5 Å². The van der Waals surface area contributed by atoms with Crippen molar-refractivity contribution in [1.82, 2.24) is 9.97 Å². The predicted molar refractivity (Wildman–Crippen MR) is 71.7 cm³/mol. The lowest BCUT2D eigenvalue weighted by Crippen LogP contribution is -2.22. The lowest BCUT2D eigenvalue weighted by atomic mass is 9.95. The topological polar surface area (TPSA) is 37.8 Å². The van der Waals surface area contributed by atoms with Crippen LogP contribution in [0.25, 0.3) is 0 Å². The van der Waals surface area contributed by atoms with Crippen LogP contribution >= 0.6 is 11.6 Å². The van der Waals surface area contributed by atoms with Gasteiger partial charge in [0.2, 0.25) is 0 Å². The second-order valence-corrected chi connectivity index (χ2v) is 6.61. The van der Waals surface area contributed by atoms with Crippen LogP contribution in [0.3, 0.4) is 0 Å². The zero-order valence-electron chi connectivity index (χ0n) is 11.2. The minimum absolute atomic E-state index is 0.0851. The molecule has 2 rings (SSSR count). The van der Waals surface area contributed by atoms with E-state index in [1.165, 1.54) is 12.8 Å². The summed E-state index contributed by atoms with van der Waals surface area (Å²) in [6, 6.07) is 0. The number of halogens is 1. The Morgan fingerprint density at radius 3 is 2.29 bits per heavy atom. The van der Waals surface area contributed by atoms with Gasteiger partial charge in [0.05, 0.1) is 0 Å². The van der Waals surface area contributed by atoms with E-state index in [1.807, 2.05) is 6.92 Å². The zero-order chi connectivity index (χ0) is 12.8. The molecule has 0 saturated heterocycles. The first-order chi connectivity index (χ1) is 7.71. The van der Waals surface area contributed by atoms with E-state index >= 15 is 0 Å². The molecule has 1 aliphatic carbocycles. The third kappa shape index (κ3) is 2.71. The van der Waals surface area contributed by atoms with Gasteiger partial charge < -0.3 is 5.32 Å². The second kappa shape index (κ2) is 3.84. The fraction of sp³-hybridized carbons (Fsp3) is 0.692. The molecule has 0 spiro atoms. The lowest BCUT2D eigenvalue weighted by Gasteiger charge is -2.21. The van der Waals surface area contributed by atoms with Crippen molar-refractivity contribution in [2.75, 3.05) is 5.32 Å². The van der Waals surface area contributed by atoms with Crippen LogP contribution in [0.2, 0.25) is 5.15 Å². The molecule has 1 aromatic rings. The molecule has 94 valence electrons. The Morgan fingerprint density at radius 2 is 1.82 bits per heavy atom. The van der Waals surface area contributed by atoms with E-state index in [0.29, 0.717) is 5.15 Å². The van der Waals surface area contributed by atoms with Gasteiger partial charge in [-0.25, -0.2) is 9.97 Å². The smallest absolute Gasteiger partial charge is 0.137 e. The maximum absolute atomic E-state index is 6.18. The van der Waals surface area contributed by atoms with Crippen molar-refractivity contribution < 1.29 is 0 Å². The number of anilines is 1. The molecule has 0 atom stereocenters. The summed E-state index contributed by atoms with van der Waals surface area (Å²) in [4.78, 5) is 8.99. The van der Waals surface area contributed by atoms with Crippen LogP contribution in [0.1, 0.15) is 51.9 Å². The normalized spacial score (nSPS) is 18.0. The maximum Gasteiger partial charge on any atom is 0.137 e. The first-order valence-corrected chi connectivity index (χ1v) is 6.42. The van der Waals surface area contributed by atoms with Gasteiger partial charge in [-0.15, -0.1) is 0 Å². The van der Waals surface area contributed by atoms with E-state index in [1.54, 1.807) is 0 Å². The number of nitrogens with one attached hydrogen (secondary N) is 1. The van der Waals surface area contributed by atoms with E-state index in [4.69, 9.17) is 11.6 Å². The average Bonchev–Trinajstić information content (AvgIpc) is 2.89. The first kappa shape index (κ1) is 12.6. The molecule has 17 heavy (non-hydrogen) atoms. The van der Waals surface area contributed by atoms with E-state index in [0.717, 1.165) is 17.2 Å². The monoisotopic (exact) mass is 253 g/mol.